The molecule has 1 amide bonds. The number of nitrogens with zero attached hydrogens (tertiary/aromatic N) is 1. The highest BCUT2D eigenvalue weighted by Gasteiger charge is 2.24. The van der Waals surface area contributed by atoms with E-state index < -0.39 is 22.5 Å². The Kier molecular flexibility index (Phi) is 8.36. The molecule has 0 bridgehead atoms. The third-order valence-corrected chi connectivity index (χ3v) is 7.69. The Labute approximate surface area is 206 Å². The molecule has 0 radical (unpaired) electrons. The van der Waals surface area contributed by atoms with Gasteiger partial charge in [-0.1, -0.05) is 65.1 Å². The van der Waals surface area contributed by atoms with Gasteiger partial charge in [0.25, 0.3) is 0 Å². The van der Waals surface area contributed by atoms with Crippen LogP contribution in [0.3, 0.4) is 0 Å². The molecule has 0 unspecified atom stereocenters. The molecule has 168 valence electrons. The van der Waals surface area contributed by atoms with Gasteiger partial charge >= 0.3 is 0 Å². The van der Waals surface area contributed by atoms with Gasteiger partial charge in [0.05, 0.1) is 27.7 Å². The van der Waals surface area contributed by atoms with E-state index in [4.69, 9.17) is 34.8 Å². The molecule has 0 aliphatic carbocycles. The monoisotopic (exact) mass is 528 g/mol. The first kappa shape index (κ1) is 24.7. The SMILES string of the molecule is CS(=O)(=O)N(CC(=O)Nc1ccccc1SCc1ccc(Cl)cc1)c1cccc(Cl)c1Cl. The summed E-state index contributed by atoms with van der Waals surface area (Å²) in [6, 6.07) is 19.5. The molecule has 10 heteroatoms. The van der Waals surface area contributed by atoms with Crippen LogP contribution in [0.4, 0.5) is 11.4 Å². The highest BCUT2D eigenvalue weighted by Crippen LogP contribution is 2.34. The van der Waals surface area contributed by atoms with Gasteiger partial charge in [-0.15, -0.1) is 11.8 Å². The number of hydrogen-bond acceptors (Lipinski definition) is 4. The molecular formula is C22H19Cl3N2O3S2. The lowest BCUT2D eigenvalue weighted by molar-refractivity contribution is -0.114. The zero-order valence-electron chi connectivity index (χ0n) is 16.9. The molecule has 0 spiro atoms. The van der Waals surface area contributed by atoms with E-state index in [1.54, 1.807) is 36.0 Å². The highest BCUT2D eigenvalue weighted by atomic mass is 35.5. The molecule has 3 aromatic carbocycles. The van der Waals surface area contributed by atoms with E-state index in [9.17, 15) is 13.2 Å². The van der Waals surface area contributed by atoms with Crippen molar-refractivity contribution in [1.29, 1.82) is 0 Å². The van der Waals surface area contributed by atoms with E-state index >= 15 is 0 Å². The summed E-state index contributed by atoms with van der Waals surface area (Å²) in [5.74, 6) is 0.170. The number of rotatable bonds is 8. The van der Waals surface area contributed by atoms with Gasteiger partial charge in [0.15, 0.2) is 0 Å². The van der Waals surface area contributed by atoms with E-state index in [-0.39, 0.29) is 15.7 Å². The fraction of sp³-hybridized carbons (Fsp3) is 0.136. The summed E-state index contributed by atoms with van der Waals surface area (Å²) in [4.78, 5) is 13.6. The third kappa shape index (κ3) is 6.56. The van der Waals surface area contributed by atoms with Crippen LogP contribution in [0.15, 0.2) is 71.6 Å². The second-order valence-electron chi connectivity index (χ2n) is 6.80. The Bertz CT molecular complexity index is 1220. The minimum absolute atomic E-state index is 0.0614. The topological polar surface area (TPSA) is 66.5 Å². The Balaban J connectivity index is 1.76. The molecule has 0 atom stereocenters. The van der Waals surface area contributed by atoms with Gasteiger partial charge in [-0.3, -0.25) is 9.10 Å². The number of benzene rings is 3. The van der Waals surface area contributed by atoms with Crippen LogP contribution in [0.2, 0.25) is 15.1 Å². The Morgan fingerprint density at radius 2 is 1.66 bits per heavy atom. The van der Waals surface area contributed by atoms with Gasteiger partial charge in [0, 0.05) is 15.7 Å². The van der Waals surface area contributed by atoms with Crippen molar-refractivity contribution in [3.05, 3.63) is 87.4 Å². The molecule has 3 aromatic rings. The molecule has 0 aromatic heterocycles. The summed E-state index contributed by atoms with van der Waals surface area (Å²) in [7, 11) is -3.79. The maximum Gasteiger partial charge on any atom is 0.245 e. The van der Waals surface area contributed by atoms with Crippen molar-refractivity contribution in [2.45, 2.75) is 10.6 Å². The summed E-state index contributed by atoms with van der Waals surface area (Å²) in [5.41, 5.74) is 1.81. The maximum absolute atomic E-state index is 12.8. The first-order valence-corrected chi connectivity index (χ1v) is 13.3. The van der Waals surface area contributed by atoms with Crippen LogP contribution in [0, 0.1) is 0 Å². The standard InChI is InChI=1S/C22H19Cl3N2O3S2/c1-32(29,30)27(19-7-4-5-17(24)22(19)25)13-21(28)26-18-6-2-3-8-20(18)31-14-15-9-11-16(23)12-10-15/h2-12H,13-14H2,1H3,(H,26,28). The Hall–Kier alpha value is -1.90. The lowest BCUT2D eigenvalue weighted by Crippen LogP contribution is -2.37. The van der Waals surface area contributed by atoms with Crippen LogP contribution in [0.25, 0.3) is 0 Å². The van der Waals surface area contributed by atoms with Crippen molar-refractivity contribution in [2.24, 2.45) is 0 Å². The lowest BCUT2D eigenvalue weighted by atomic mass is 10.2. The summed E-state index contributed by atoms with van der Waals surface area (Å²) >= 11 is 19.7. The summed E-state index contributed by atoms with van der Waals surface area (Å²) in [6.45, 7) is -0.449. The van der Waals surface area contributed by atoms with Crippen LogP contribution < -0.4 is 9.62 Å². The van der Waals surface area contributed by atoms with E-state index in [0.717, 1.165) is 21.0 Å². The summed E-state index contributed by atoms with van der Waals surface area (Å²) in [5, 5.41) is 3.73. The predicted molar refractivity (Wildman–Crippen MR) is 135 cm³/mol. The van der Waals surface area contributed by atoms with Crippen molar-refractivity contribution >= 4 is 73.9 Å². The molecule has 5 nitrogen and oxygen atoms in total. The molecule has 1 N–H and O–H groups in total. The maximum atomic E-state index is 12.8. The van der Waals surface area contributed by atoms with Gasteiger partial charge < -0.3 is 5.32 Å². The molecule has 0 saturated carbocycles. The number of hydrogen-bond donors (Lipinski definition) is 1. The molecule has 3 rings (SSSR count). The fourth-order valence-electron chi connectivity index (χ4n) is 2.82. The average molecular weight is 530 g/mol. The number of anilines is 2. The summed E-state index contributed by atoms with van der Waals surface area (Å²) in [6.07, 6.45) is 1.01. The van der Waals surface area contributed by atoms with E-state index in [2.05, 4.69) is 5.32 Å². The molecule has 0 aliphatic heterocycles. The first-order valence-electron chi connectivity index (χ1n) is 9.33. The van der Waals surface area contributed by atoms with Crippen LogP contribution in [-0.2, 0) is 20.6 Å². The second kappa shape index (κ2) is 10.8. The van der Waals surface area contributed by atoms with Crippen molar-refractivity contribution in [3.8, 4) is 0 Å². The molecule has 32 heavy (non-hydrogen) atoms. The molecular weight excluding hydrogens is 511 g/mol. The Morgan fingerprint density at radius 1 is 0.969 bits per heavy atom. The molecule has 0 fully saturated rings. The van der Waals surface area contributed by atoms with Gasteiger partial charge in [0.2, 0.25) is 15.9 Å². The number of carbonyl (C=O) groups is 1. The van der Waals surface area contributed by atoms with Crippen molar-refractivity contribution in [3.63, 3.8) is 0 Å². The van der Waals surface area contributed by atoms with E-state index in [0.29, 0.717) is 16.5 Å². The second-order valence-corrected chi connectivity index (χ2v) is 10.9. The quantitative estimate of drug-likeness (QED) is 0.346. The highest BCUT2D eigenvalue weighted by molar-refractivity contribution is 7.98. The Morgan fingerprint density at radius 3 is 2.34 bits per heavy atom. The van der Waals surface area contributed by atoms with Crippen LogP contribution in [-0.4, -0.2) is 27.1 Å². The van der Waals surface area contributed by atoms with E-state index in [1.165, 1.54) is 6.07 Å². The minimum Gasteiger partial charge on any atom is -0.323 e. The van der Waals surface area contributed by atoms with Crippen LogP contribution in [0.5, 0.6) is 0 Å². The molecule has 0 saturated heterocycles. The van der Waals surface area contributed by atoms with Gasteiger partial charge in [-0.05, 0) is 42.0 Å². The first-order chi connectivity index (χ1) is 15.1. The molecule has 0 heterocycles. The van der Waals surface area contributed by atoms with Crippen LogP contribution >= 0.6 is 46.6 Å². The molecule has 0 aliphatic rings. The number of sulfonamides is 1. The predicted octanol–water partition coefficient (Wildman–Crippen LogP) is 6.34. The largest absolute Gasteiger partial charge is 0.323 e. The lowest BCUT2D eigenvalue weighted by Gasteiger charge is -2.23. The van der Waals surface area contributed by atoms with Gasteiger partial charge in [-0.25, -0.2) is 8.42 Å². The number of halogens is 3. The number of para-hydroxylation sites is 1. The van der Waals surface area contributed by atoms with Crippen molar-refractivity contribution in [1.82, 2.24) is 0 Å². The van der Waals surface area contributed by atoms with Crippen molar-refractivity contribution < 1.29 is 13.2 Å². The zero-order chi connectivity index (χ0) is 23.3. The van der Waals surface area contributed by atoms with Gasteiger partial charge in [-0.2, -0.15) is 0 Å². The smallest absolute Gasteiger partial charge is 0.245 e. The minimum atomic E-state index is -3.79. The fourth-order valence-corrected chi connectivity index (χ4v) is 5.22. The zero-order valence-corrected chi connectivity index (χ0v) is 20.8. The average Bonchev–Trinajstić information content (AvgIpc) is 2.74. The normalized spacial score (nSPS) is 11.2. The van der Waals surface area contributed by atoms with Crippen molar-refractivity contribution in [2.75, 3.05) is 22.4 Å². The number of carbonyl (C=O) groups excluding carboxylic acids is 1. The number of nitrogens with one attached hydrogen (secondary N) is 1. The number of amides is 1. The summed E-state index contributed by atoms with van der Waals surface area (Å²) < 4.78 is 25.7. The van der Waals surface area contributed by atoms with Crippen LogP contribution in [0.1, 0.15) is 5.56 Å². The van der Waals surface area contributed by atoms with E-state index in [1.807, 2.05) is 36.4 Å². The third-order valence-electron chi connectivity index (χ3n) is 4.36. The number of thioether (sulfide) groups is 1. The van der Waals surface area contributed by atoms with Gasteiger partial charge in [0.1, 0.15) is 6.54 Å².